The van der Waals surface area contributed by atoms with E-state index in [9.17, 15) is 0 Å². The van der Waals surface area contributed by atoms with E-state index < -0.39 is 0 Å². The topological polar surface area (TPSA) is 41.3 Å². The summed E-state index contributed by atoms with van der Waals surface area (Å²) in [7, 11) is 0. The van der Waals surface area contributed by atoms with Crippen LogP contribution in [0.3, 0.4) is 0 Å². The van der Waals surface area contributed by atoms with Crippen molar-refractivity contribution < 1.29 is 0 Å². The lowest BCUT2D eigenvalue weighted by Crippen LogP contribution is -2.50. The highest BCUT2D eigenvalue weighted by molar-refractivity contribution is 4.96. The predicted octanol–water partition coefficient (Wildman–Crippen LogP) is 1.47. The summed E-state index contributed by atoms with van der Waals surface area (Å²) >= 11 is 0. The molecule has 0 aromatic rings. The van der Waals surface area contributed by atoms with Gasteiger partial charge < -0.3 is 11.1 Å². The van der Waals surface area contributed by atoms with Crippen LogP contribution in [0.25, 0.3) is 0 Å². The first kappa shape index (κ1) is 11.9. The van der Waals surface area contributed by atoms with Crippen LogP contribution in [0.1, 0.15) is 51.4 Å². The number of nitrogens with two attached hydrogens (primary N) is 1. The molecule has 0 radical (unpaired) electrons. The van der Waals surface area contributed by atoms with Crippen molar-refractivity contribution in [3.8, 4) is 0 Å². The van der Waals surface area contributed by atoms with Crippen LogP contribution in [0.15, 0.2) is 0 Å². The van der Waals surface area contributed by atoms with Gasteiger partial charge in [0.1, 0.15) is 0 Å². The van der Waals surface area contributed by atoms with Crippen LogP contribution in [0.2, 0.25) is 0 Å². The zero-order chi connectivity index (χ0) is 11.7. The lowest BCUT2D eigenvalue weighted by Gasteiger charge is -2.36. The number of rotatable bonds is 2. The molecule has 2 aliphatic heterocycles. The average molecular weight is 237 g/mol. The van der Waals surface area contributed by atoms with E-state index in [0.29, 0.717) is 12.1 Å². The molecule has 0 aromatic carbocycles. The van der Waals surface area contributed by atoms with Gasteiger partial charge in [0, 0.05) is 30.7 Å². The van der Waals surface area contributed by atoms with Crippen molar-refractivity contribution in [1.82, 2.24) is 10.2 Å². The first-order valence-electron chi connectivity index (χ1n) is 7.58. The second kappa shape index (κ2) is 5.25. The Labute approximate surface area is 105 Å². The number of nitrogens with one attached hydrogen (secondary N) is 1. The molecule has 0 spiro atoms. The van der Waals surface area contributed by atoms with Gasteiger partial charge in [0.2, 0.25) is 0 Å². The van der Waals surface area contributed by atoms with Crippen LogP contribution in [0.5, 0.6) is 0 Å². The fraction of sp³-hybridized carbons (Fsp3) is 1.00. The van der Waals surface area contributed by atoms with Crippen LogP contribution in [0, 0.1) is 0 Å². The van der Waals surface area contributed by atoms with Gasteiger partial charge in [-0.15, -0.1) is 0 Å². The minimum atomic E-state index is 0.449. The molecule has 3 nitrogen and oxygen atoms in total. The third kappa shape index (κ3) is 2.67. The van der Waals surface area contributed by atoms with Gasteiger partial charge in [0.05, 0.1) is 0 Å². The third-order valence-corrected chi connectivity index (χ3v) is 5.02. The Morgan fingerprint density at radius 2 is 1.88 bits per heavy atom. The summed E-state index contributed by atoms with van der Waals surface area (Å²) in [5.41, 5.74) is 6.08. The molecule has 3 heteroatoms. The van der Waals surface area contributed by atoms with E-state index in [1.807, 2.05) is 0 Å². The van der Waals surface area contributed by atoms with Crippen molar-refractivity contribution in [2.75, 3.05) is 13.1 Å². The maximum Gasteiger partial charge on any atom is 0.0249 e. The molecule has 0 amide bonds. The van der Waals surface area contributed by atoms with E-state index in [1.165, 1.54) is 64.5 Å². The minimum Gasteiger partial charge on any atom is -0.328 e. The van der Waals surface area contributed by atoms with Crippen molar-refractivity contribution in [2.24, 2.45) is 5.73 Å². The summed E-state index contributed by atoms with van der Waals surface area (Å²) in [6.07, 6.45) is 10.7. The van der Waals surface area contributed by atoms with Gasteiger partial charge in [-0.05, 0) is 45.1 Å². The standard InChI is InChI=1S/C14H27N3/c15-11-4-3-5-12(10-11)16-13-7-9-17-8-2-1-6-14(13)17/h11-14,16H,1-10,15H2. The molecule has 2 heterocycles. The molecule has 4 unspecified atom stereocenters. The molecule has 3 N–H and O–H groups in total. The Balaban J connectivity index is 1.54. The number of nitrogens with zero attached hydrogens (tertiary/aromatic N) is 1. The molecule has 1 aliphatic carbocycles. The van der Waals surface area contributed by atoms with E-state index >= 15 is 0 Å². The highest BCUT2D eigenvalue weighted by Gasteiger charge is 2.36. The van der Waals surface area contributed by atoms with E-state index in [-0.39, 0.29) is 0 Å². The molecule has 3 rings (SSSR count). The fourth-order valence-corrected chi connectivity index (χ4v) is 4.12. The summed E-state index contributed by atoms with van der Waals surface area (Å²) in [5, 5.41) is 3.93. The summed E-state index contributed by atoms with van der Waals surface area (Å²) in [6, 6.07) is 2.74. The van der Waals surface area contributed by atoms with Crippen LogP contribution in [-0.4, -0.2) is 42.2 Å². The summed E-state index contributed by atoms with van der Waals surface area (Å²) in [5.74, 6) is 0. The smallest absolute Gasteiger partial charge is 0.0249 e. The zero-order valence-electron chi connectivity index (χ0n) is 10.9. The Morgan fingerprint density at radius 3 is 2.76 bits per heavy atom. The van der Waals surface area contributed by atoms with Gasteiger partial charge in [-0.3, -0.25) is 4.90 Å². The van der Waals surface area contributed by atoms with Gasteiger partial charge in [-0.25, -0.2) is 0 Å². The molecule has 3 aliphatic rings. The maximum atomic E-state index is 6.08. The first-order valence-corrected chi connectivity index (χ1v) is 7.58. The molecule has 98 valence electrons. The average Bonchev–Trinajstić information content (AvgIpc) is 2.73. The largest absolute Gasteiger partial charge is 0.328 e. The van der Waals surface area contributed by atoms with Gasteiger partial charge >= 0.3 is 0 Å². The maximum absolute atomic E-state index is 6.08. The van der Waals surface area contributed by atoms with Gasteiger partial charge in [-0.1, -0.05) is 12.8 Å². The Kier molecular flexibility index (Phi) is 3.69. The summed E-state index contributed by atoms with van der Waals surface area (Å²) < 4.78 is 0. The molecule has 2 saturated heterocycles. The second-order valence-electron chi connectivity index (χ2n) is 6.28. The van der Waals surface area contributed by atoms with Gasteiger partial charge in [0.25, 0.3) is 0 Å². The Bertz CT molecular complexity index is 256. The SMILES string of the molecule is NC1CCCC(NC2CCN3CCCCC23)C1. The van der Waals surface area contributed by atoms with Crippen molar-refractivity contribution >= 4 is 0 Å². The number of hydrogen-bond acceptors (Lipinski definition) is 3. The quantitative estimate of drug-likeness (QED) is 0.764. The third-order valence-electron chi connectivity index (χ3n) is 5.02. The molecule has 1 saturated carbocycles. The van der Waals surface area contributed by atoms with Crippen LogP contribution < -0.4 is 11.1 Å². The number of hydrogen-bond donors (Lipinski definition) is 2. The molecule has 0 aromatic heterocycles. The minimum absolute atomic E-state index is 0.449. The molecular weight excluding hydrogens is 210 g/mol. The predicted molar refractivity (Wildman–Crippen MR) is 71.0 cm³/mol. The van der Waals surface area contributed by atoms with E-state index in [0.717, 1.165) is 12.1 Å². The fourth-order valence-electron chi connectivity index (χ4n) is 4.12. The first-order chi connectivity index (χ1) is 8.33. The highest BCUT2D eigenvalue weighted by Crippen LogP contribution is 2.28. The normalized spacial score (nSPS) is 43.6. The summed E-state index contributed by atoms with van der Waals surface area (Å²) in [6.45, 7) is 2.66. The zero-order valence-corrected chi connectivity index (χ0v) is 10.9. The van der Waals surface area contributed by atoms with Crippen molar-refractivity contribution in [3.63, 3.8) is 0 Å². The number of piperidine rings is 1. The van der Waals surface area contributed by atoms with Crippen molar-refractivity contribution in [2.45, 2.75) is 75.5 Å². The molecule has 0 bridgehead atoms. The van der Waals surface area contributed by atoms with Gasteiger partial charge in [0.15, 0.2) is 0 Å². The Hall–Kier alpha value is -0.120. The van der Waals surface area contributed by atoms with Gasteiger partial charge in [-0.2, -0.15) is 0 Å². The van der Waals surface area contributed by atoms with Crippen molar-refractivity contribution in [1.29, 1.82) is 0 Å². The molecule has 17 heavy (non-hydrogen) atoms. The van der Waals surface area contributed by atoms with Crippen LogP contribution in [-0.2, 0) is 0 Å². The van der Waals surface area contributed by atoms with Crippen LogP contribution >= 0.6 is 0 Å². The second-order valence-corrected chi connectivity index (χ2v) is 6.28. The molecule has 4 atom stereocenters. The van der Waals surface area contributed by atoms with E-state index in [1.54, 1.807) is 0 Å². The summed E-state index contributed by atoms with van der Waals surface area (Å²) in [4.78, 5) is 2.71. The molecular formula is C14H27N3. The highest BCUT2D eigenvalue weighted by atomic mass is 15.2. The van der Waals surface area contributed by atoms with E-state index in [4.69, 9.17) is 5.73 Å². The number of fused-ring (bicyclic) bond motifs is 1. The van der Waals surface area contributed by atoms with E-state index in [2.05, 4.69) is 10.2 Å². The van der Waals surface area contributed by atoms with Crippen molar-refractivity contribution in [3.05, 3.63) is 0 Å². The molecule has 3 fully saturated rings. The lowest BCUT2D eigenvalue weighted by molar-refractivity contribution is 0.171. The monoisotopic (exact) mass is 237 g/mol. The Morgan fingerprint density at radius 1 is 0.941 bits per heavy atom. The van der Waals surface area contributed by atoms with Crippen LogP contribution in [0.4, 0.5) is 0 Å². The lowest BCUT2D eigenvalue weighted by atomic mass is 9.90.